The van der Waals surface area contributed by atoms with Crippen LogP contribution in [0.15, 0.2) is 42.5 Å². The van der Waals surface area contributed by atoms with E-state index in [1.165, 1.54) is 31.2 Å². The van der Waals surface area contributed by atoms with Crippen LogP contribution in [0.3, 0.4) is 0 Å². The smallest absolute Gasteiger partial charge is 0.312 e. The Labute approximate surface area is 168 Å². The van der Waals surface area contributed by atoms with E-state index in [-0.39, 0.29) is 24.6 Å². The number of halogens is 1. The summed E-state index contributed by atoms with van der Waals surface area (Å²) in [6, 6.07) is 11.1. The number of esters is 1. The molecule has 1 N–H and O–H groups in total. The van der Waals surface area contributed by atoms with E-state index in [2.05, 4.69) is 5.32 Å². The Hall–Kier alpha value is -3.22. The Kier molecular flexibility index (Phi) is 5.96. The van der Waals surface area contributed by atoms with E-state index in [4.69, 9.17) is 4.74 Å². The molecule has 1 aliphatic rings. The molecule has 0 aromatic heterocycles. The van der Waals surface area contributed by atoms with Crippen LogP contribution >= 0.6 is 0 Å². The second kappa shape index (κ2) is 8.43. The number of nitrogens with zero attached hydrogens (tertiary/aromatic N) is 1. The van der Waals surface area contributed by atoms with Gasteiger partial charge in [-0.15, -0.1) is 0 Å². The van der Waals surface area contributed by atoms with Gasteiger partial charge in [0, 0.05) is 24.3 Å². The van der Waals surface area contributed by atoms with Crippen molar-refractivity contribution in [2.24, 2.45) is 5.92 Å². The number of aryl methyl sites for hydroxylation is 1. The maximum absolute atomic E-state index is 13.2. The van der Waals surface area contributed by atoms with Gasteiger partial charge < -0.3 is 15.0 Å². The van der Waals surface area contributed by atoms with Gasteiger partial charge in [0.2, 0.25) is 5.91 Å². The fourth-order valence-electron chi connectivity index (χ4n) is 3.26. The molecule has 1 aliphatic heterocycles. The zero-order valence-corrected chi connectivity index (χ0v) is 16.6. The first kappa shape index (κ1) is 20.5. The molecule has 0 aliphatic carbocycles. The molecule has 152 valence electrons. The van der Waals surface area contributed by atoms with Crippen LogP contribution in [0.5, 0.6) is 0 Å². The molecule has 6 nitrogen and oxygen atoms in total. The summed E-state index contributed by atoms with van der Waals surface area (Å²) >= 11 is 0. The highest BCUT2D eigenvalue weighted by atomic mass is 19.1. The summed E-state index contributed by atoms with van der Waals surface area (Å²) in [7, 11) is 0. The molecule has 1 heterocycles. The largest absolute Gasteiger partial charge is 0.452 e. The SMILES string of the molecule is Cc1cccc(N2C[C@@H](C(=O)O[C@@H](C)C(=O)Nc3cccc(F)c3)CC2=O)c1C. The van der Waals surface area contributed by atoms with Gasteiger partial charge in [0.05, 0.1) is 5.92 Å². The molecule has 2 aromatic rings. The Bertz CT molecular complexity index is 960. The summed E-state index contributed by atoms with van der Waals surface area (Å²) in [5.74, 6) is -2.46. The number of amides is 2. The summed E-state index contributed by atoms with van der Waals surface area (Å²) in [5, 5.41) is 2.50. The molecular formula is C22H23FN2O4. The molecule has 0 radical (unpaired) electrons. The second-order valence-electron chi connectivity index (χ2n) is 7.20. The van der Waals surface area contributed by atoms with Gasteiger partial charge in [0.25, 0.3) is 5.91 Å². The fourth-order valence-corrected chi connectivity index (χ4v) is 3.26. The average Bonchev–Trinajstić information content (AvgIpc) is 3.05. The van der Waals surface area contributed by atoms with Gasteiger partial charge in [-0.25, -0.2) is 4.39 Å². The van der Waals surface area contributed by atoms with Crippen LogP contribution in [0.4, 0.5) is 15.8 Å². The monoisotopic (exact) mass is 398 g/mol. The van der Waals surface area contributed by atoms with Gasteiger partial charge in [-0.05, 0) is 56.2 Å². The lowest BCUT2D eigenvalue weighted by atomic mass is 10.1. The van der Waals surface area contributed by atoms with E-state index in [9.17, 15) is 18.8 Å². The zero-order chi connectivity index (χ0) is 21.1. The quantitative estimate of drug-likeness (QED) is 0.784. The maximum Gasteiger partial charge on any atom is 0.312 e. The van der Waals surface area contributed by atoms with Crippen molar-refractivity contribution in [1.29, 1.82) is 0 Å². The molecule has 29 heavy (non-hydrogen) atoms. The number of carbonyl (C=O) groups is 3. The van der Waals surface area contributed by atoms with Gasteiger partial charge in [0.15, 0.2) is 6.10 Å². The van der Waals surface area contributed by atoms with Gasteiger partial charge in [-0.3, -0.25) is 14.4 Å². The first-order valence-corrected chi connectivity index (χ1v) is 9.39. The summed E-state index contributed by atoms with van der Waals surface area (Å²) in [6.07, 6.45) is -1.04. The highest BCUT2D eigenvalue weighted by molar-refractivity contribution is 6.01. The van der Waals surface area contributed by atoms with Crippen molar-refractivity contribution in [3.05, 3.63) is 59.4 Å². The van der Waals surface area contributed by atoms with E-state index in [1.807, 2.05) is 32.0 Å². The molecular weight excluding hydrogens is 375 g/mol. The number of anilines is 2. The summed E-state index contributed by atoms with van der Waals surface area (Å²) in [5.41, 5.74) is 3.10. The van der Waals surface area contributed by atoms with E-state index in [0.717, 1.165) is 16.8 Å². The summed E-state index contributed by atoms with van der Waals surface area (Å²) < 4.78 is 18.5. The number of benzene rings is 2. The molecule has 0 bridgehead atoms. The molecule has 3 rings (SSSR count). The topological polar surface area (TPSA) is 75.7 Å². The van der Waals surface area contributed by atoms with Crippen LogP contribution in [0, 0.1) is 25.6 Å². The van der Waals surface area contributed by atoms with Gasteiger partial charge in [0.1, 0.15) is 5.82 Å². The molecule has 2 aromatic carbocycles. The minimum absolute atomic E-state index is 0.0322. The molecule has 2 amide bonds. The van der Waals surface area contributed by atoms with Crippen molar-refractivity contribution in [2.75, 3.05) is 16.8 Å². The number of hydrogen-bond acceptors (Lipinski definition) is 4. The van der Waals surface area contributed by atoms with Crippen molar-refractivity contribution >= 4 is 29.2 Å². The van der Waals surface area contributed by atoms with Crippen molar-refractivity contribution < 1.29 is 23.5 Å². The minimum Gasteiger partial charge on any atom is -0.452 e. The van der Waals surface area contributed by atoms with Crippen molar-refractivity contribution in [2.45, 2.75) is 33.3 Å². The molecule has 0 unspecified atom stereocenters. The molecule has 0 saturated carbocycles. The standard InChI is InChI=1S/C22H23FN2O4/c1-13-6-4-9-19(14(13)2)25-12-16(10-20(25)26)22(28)29-15(3)21(27)24-18-8-5-7-17(23)11-18/h4-9,11,15-16H,10,12H2,1-3H3,(H,24,27)/t15-,16-/m0/s1. The Morgan fingerprint density at radius 3 is 2.66 bits per heavy atom. The summed E-state index contributed by atoms with van der Waals surface area (Å²) in [6.45, 7) is 5.54. The molecule has 1 saturated heterocycles. The molecule has 2 atom stereocenters. The minimum atomic E-state index is -1.07. The number of rotatable bonds is 5. The zero-order valence-electron chi connectivity index (χ0n) is 16.6. The number of ether oxygens (including phenoxy) is 1. The summed E-state index contributed by atoms with van der Waals surface area (Å²) in [4.78, 5) is 38.8. The number of carbonyl (C=O) groups excluding carboxylic acids is 3. The van der Waals surface area contributed by atoms with Gasteiger partial charge in [-0.2, -0.15) is 0 Å². The number of hydrogen-bond donors (Lipinski definition) is 1. The Morgan fingerprint density at radius 1 is 1.21 bits per heavy atom. The predicted molar refractivity (Wildman–Crippen MR) is 107 cm³/mol. The highest BCUT2D eigenvalue weighted by Crippen LogP contribution is 2.30. The van der Waals surface area contributed by atoms with Crippen molar-refractivity contribution in [3.8, 4) is 0 Å². The van der Waals surface area contributed by atoms with Crippen LogP contribution in [0.2, 0.25) is 0 Å². The third kappa shape index (κ3) is 4.62. The van der Waals surface area contributed by atoms with Crippen LogP contribution in [0.25, 0.3) is 0 Å². The second-order valence-corrected chi connectivity index (χ2v) is 7.20. The van der Waals surface area contributed by atoms with Gasteiger partial charge >= 0.3 is 5.97 Å². The van der Waals surface area contributed by atoms with Crippen LogP contribution in [0.1, 0.15) is 24.5 Å². The Morgan fingerprint density at radius 2 is 1.93 bits per heavy atom. The van der Waals surface area contributed by atoms with E-state index < -0.39 is 29.7 Å². The molecule has 7 heteroatoms. The lowest BCUT2D eigenvalue weighted by Crippen LogP contribution is -2.33. The van der Waals surface area contributed by atoms with E-state index in [1.54, 1.807) is 4.90 Å². The lowest BCUT2D eigenvalue weighted by Gasteiger charge is -2.20. The first-order valence-electron chi connectivity index (χ1n) is 9.39. The fraction of sp³-hybridized carbons (Fsp3) is 0.318. The van der Waals surface area contributed by atoms with E-state index in [0.29, 0.717) is 0 Å². The molecule has 1 fully saturated rings. The number of nitrogens with one attached hydrogen (secondary N) is 1. The van der Waals surface area contributed by atoms with Crippen molar-refractivity contribution in [1.82, 2.24) is 0 Å². The first-order chi connectivity index (χ1) is 13.8. The predicted octanol–water partition coefficient (Wildman–Crippen LogP) is 3.37. The lowest BCUT2D eigenvalue weighted by molar-refractivity contribution is -0.157. The third-order valence-electron chi connectivity index (χ3n) is 5.08. The molecule has 0 spiro atoms. The Balaban J connectivity index is 1.61. The van der Waals surface area contributed by atoms with E-state index >= 15 is 0 Å². The van der Waals surface area contributed by atoms with Crippen molar-refractivity contribution in [3.63, 3.8) is 0 Å². The van der Waals surface area contributed by atoms with Crippen LogP contribution in [-0.2, 0) is 19.1 Å². The van der Waals surface area contributed by atoms with Crippen LogP contribution in [-0.4, -0.2) is 30.4 Å². The maximum atomic E-state index is 13.2. The normalized spacial score (nSPS) is 17.2. The highest BCUT2D eigenvalue weighted by Gasteiger charge is 2.37. The third-order valence-corrected chi connectivity index (χ3v) is 5.08. The average molecular weight is 398 g/mol. The van der Waals surface area contributed by atoms with Gasteiger partial charge in [-0.1, -0.05) is 18.2 Å². The van der Waals surface area contributed by atoms with Crippen LogP contribution < -0.4 is 10.2 Å².